The maximum Gasteiger partial charge on any atom is 0.222 e. The minimum Gasteiger partial charge on any atom is -0.493 e. The number of benzene rings is 1. The Bertz CT molecular complexity index is 646. The second kappa shape index (κ2) is 9.89. The first-order chi connectivity index (χ1) is 12.5. The summed E-state index contributed by atoms with van der Waals surface area (Å²) in [6, 6.07) is 5.23. The molecule has 1 amide bonds. The number of hydrogen-bond donors (Lipinski definition) is 1. The molecule has 7 heteroatoms. The summed E-state index contributed by atoms with van der Waals surface area (Å²) in [6.45, 7) is 0.590. The van der Waals surface area contributed by atoms with Crippen molar-refractivity contribution in [3.8, 4) is 11.5 Å². The van der Waals surface area contributed by atoms with Gasteiger partial charge in [-0.2, -0.15) is 0 Å². The van der Waals surface area contributed by atoms with Gasteiger partial charge >= 0.3 is 0 Å². The largest absolute Gasteiger partial charge is 0.493 e. The third-order valence-corrected chi connectivity index (χ3v) is 6.47. The van der Waals surface area contributed by atoms with Crippen LogP contribution in [0.3, 0.4) is 0 Å². The van der Waals surface area contributed by atoms with Crippen molar-refractivity contribution in [3.63, 3.8) is 0 Å². The lowest BCUT2D eigenvalue weighted by Crippen LogP contribution is -2.39. The number of nitrogens with one attached hydrogen (secondary N) is 1. The molecule has 2 aliphatic heterocycles. The average molecular weight is 415 g/mol. The molecule has 2 heterocycles. The van der Waals surface area contributed by atoms with Crippen LogP contribution in [0.25, 0.3) is 0 Å². The van der Waals surface area contributed by atoms with Gasteiger partial charge in [0.05, 0.1) is 14.2 Å². The molecule has 152 valence electrons. The van der Waals surface area contributed by atoms with E-state index in [4.69, 9.17) is 9.47 Å². The number of fused-ring (bicyclic) bond motifs is 2. The summed E-state index contributed by atoms with van der Waals surface area (Å²) in [7, 11) is 5.18. The van der Waals surface area contributed by atoms with E-state index in [-0.39, 0.29) is 18.3 Å². The molecule has 0 radical (unpaired) electrons. The Morgan fingerprint density at radius 1 is 1.19 bits per heavy atom. The molecule has 0 aliphatic carbocycles. The summed E-state index contributed by atoms with van der Waals surface area (Å²) in [4.78, 5) is 15.7. The molecule has 1 aromatic carbocycles. The molecule has 2 saturated heterocycles. The number of nitrogens with zero attached hydrogens (tertiary/aromatic N) is 1. The van der Waals surface area contributed by atoms with Gasteiger partial charge in [0.2, 0.25) is 5.91 Å². The van der Waals surface area contributed by atoms with Crippen molar-refractivity contribution in [2.45, 2.75) is 55.6 Å². The number of rotatable bonds is 7. The van der Waals surface area contributed by atoms with Crippen molar-refractivity contribution in [3.05, 3.63) is 17.7 Å². The van der Waals surface area contributed by atoms with Crippen LogP contribution in [0.5, 0.6) is 11.5 Å². The highest BCUT2D eigenvalue weighted by Gasteiger charge is 2.34. The van der Waals surface area contributed by atoms with Crippen LogP contribution in [0.4, 0.5) is 0 Å². The summed E-state index contributed by atoms with van der Waals surface area (Å²) in [5.41, 5.74) is 1.09. The van der Waals surface area contributed by atoms with Gasteiger partial charge < -0.3 is 19.7 Å². The van der Waals surface area contributed by atoms with Gasteiger partial charge in [0.1, 0.15) is 0 Å². The molecule has 2 fully saturated rings. The van der Waals surface area contributed by atoms with Crippen LogP contribution < -0.4 is 14.8 Å². The lowest BCUT2D eigenvalue weighted by atomic mass is 9.89. The van der Waals surface area contributed by atoms with E-state index in [0.29, 0.717) is 36.7 Å². The predicted molar refractivity (Wildman–Crippen MR) is 112 cm³/mol. The fraction of sp³-hybridized carbons (Fsp3) is 0.650. The van der Waals surface area contributed by atoms with Crippen LogP contribution >= 0.6 is 24.2 Å². The number of piperidine rings is 1. The average Bonchev–Trinajstić information content (AvgIpc) is 2.99. The first kappa shape index (κ1) is 22.2. The molecule has 1 N–H and O–H groups in total. The number of carbonyl (C=O) groups is 1. The van der Waals surface area contributed by atoms with Crippen LogP contribution in [0.1, 0.15) is 37.7 Å². The SMILES string of the molecule is COc1cc(CN(C)C(=O)CC2CC3CCC(C2)N3)c(SC)cc1OC.Cl. The van der Waals surface area contributed by atoms with Gasteiger partial charge in [-0.25, -0.2) is 0 Å². The molecule has 2 bridgehead atoms. The lowest BCUT2D eigenvalue weighted by Gasteiger charge is -2.30. The molecule has 0 saturated carbocycles. The third kappa shape index (κ3) is 5.24. The van der Waals surface area contributed by atoms with Crippen molar-refractivity contribution in [2.75, 3.05) is 27.5 Å². The van der Waals surface area contributed by atoms with Crippen LogP contribution in [0.2, 0.25) is 0 Å². The zero-order chi connectivity index (χ0) is 18.7. The fourth-order valence-electron chi connectivity index (χ4n) is 4.30. The van der Waals surface area contributed by atoms with E-state index in [2.05, 4.69) is 5.32 Å². The molecular formula is C20H31ClN2O3S. The summed E-state index contributed by atoms with van der Waals surface area (Å²) < 4.78 is 10.8. The van der Waals surface area contributed by atoms with Crippen molar-refractivity contribution in [2.24, 2.45) is 5.92 Å². The minimum atomic E-state index is 0. The number of methoxy groups -OCH3 is 2. The van der Waals surface area contributed by atoms with Crippen LogP contribution in [-0.2, 0) is 11.3 Å². The Kier molecular flexibility index (Phi) is 8.13. The lowest BCUT2D eigenvalue weighted by molar-refractivity contribution is -0.131. The summed E-state index contributed by atoms with van der Waals surface area (Å²) in [6.07, 6.45) is 7.53. The van der Waals surface area contributed by atoms with Crippen molar-refractivity contribution >= 4 is 30.1 Å². The van der Waals surface area contributed by atoms with Gasteiger partial charge in [0.25, 0.3) is 0 Å². The van der Waals surface area contributed by atoms with Gasteiger partial charge in [-0.3, -0.25) is 4.79 Å². The molecule has 1 aromatic rings. The Morgan fingerprint density at radius 2 is 1.78 bits per heavy atom. The fourth-order valence-corrected chi connectivity index (χ4v) is 4.91. The van der Waals surface area contributed by atoms with E-state index >= 15 is 0 Å². The second-order valence-corrected chi connectivity index (χ2v) is 8.30. The molecule has 0 aromatic heterocycles. The van der Waals surface area contributed by atoms with E-state index in [1.165, 1.54) is 12.8 Å². The highest BCUT2D eigenvalue weighted by Crippen LogP contribution is 2.36. The number of carbonyl (C=O) groups excluding carboxylic acids is 1. The Hall–Kier alpha value is -1.11. The van der Waals surface area contributed by atoms with E-state index < -0.39 is 0 Å². The quantitative estimate of drug-likeness (QED) is 0.689. The van der Waals surface area contributed by atoms with Crippen LogP contribution in [0, 0.1) is 5.92 Å². The van der Waals surface area contributed by atoms with Gasteiger partial charge in [0.15, 0.2) is 11.5 Å². The Morgan fingerprint density at radius 3 is 2.33 bits per heavy atom. The maximum absolute atomic E-state index is 12.8. The summed E-state index contributed by atoms with van der Waals surface area (Å²) >= 11 is 1.66. The number of thioether (sulfide) groups is 1. The molecular weight excluding hydrogens is 384 g/mol. The monoisotopic (exact) mass is 414 g/mol. The normalized spacial score (nSPS) is 23.5. The van der Waals surface area contributed by atoms with Gasteiger partial charge in [-0.05, 0) is 55.6 Å². The van der Waals surface area contributed by atoms with Gasteiger partial charge in [-0.1, -0.05) is 0 Å². The van der Waals surface area contributed by atoms with Gasteiger partial charge in [-0.15, -0.1) is 24.2 Å². The number of amides is 1. The zero-order valence-electron chi connectivity index (χ0n) is 16.6. The number of ether oxygens (including phenoxy) is 2. The van der Waals surface area contributed by atoms with E-state index in [0.717, 1.165) is 29.1 Å². The predicted octanol–water partition coefficient (Wildman–Crippen LogP) is 3.73. The molecule has 2 aliphatic rings. The second-order valence-electron chi connectivity index (χ2n) is 7.45. The first-order valence-corrected chi connectivity index (χ1v) is 10.5. The van der Waals surface area contributed by atoms with Crippen LogP contribution in [0.15, 0.2) is 17.0 Å². The Balaban J connectivity index is 0.00000261. The summed E-state index contributed by atoms with van der Waals surface area (Å²) in [5, 5.41) is 3.65. The number of halogens is 1. The van der Waals surface area contributed by atoms with Crippen molar-refractivity contribution in [1.29, 1.82) is 0 Å². The van der Waals surface area contributed by atoms with Gasteiger partial charge in [0, 0.05) is 37.0 Å². The third-order valence-electron chi connectivity index (χ3n) is 5.65. The van der Waals surface area contributed by atoms with Crippen molar-refractivity contribution < 1.29 is 14.3 Å². The van der Waals surface area contributed by atoms with E-state index in [1.54, 1.807) is 26.0 Å². The van der Waals surface area contributed by atoms with Crippen LogP contribution in [-0.4, -0.2) is 50.4 Å². The number of hydrogen-bond acceptors (Lipinski definition) is 5. The molecule has 3 rings (SSSR count). The standard InChI is InChI=1S/C20H30N2O3S.ClH/c1-22(20(23)9-13-7-15-5-6-16(8-13)21-15)12-14-10-17(24-2)18(25-3)11-19(14)26-4;/h10-11,13,15-16,21H,5-9,12H2,1-4H3;1H. The highest BCUT2D eigenvalue weighted by molar-refractivity contribution is 7.98. The molecule has 5 nitrogen and oxygen atoms in total. The molecule has 27 heavy (non-hydrogen) atoms. The minimum absolute atomic E-state index is 0. The summed E-state index contributed by atoms with van der Waals surface area (Å²) in [5.74, 6) is 2.18. The van der Waals surface area contributed by atoms with E-state index in [9.17, 15) is 4.79 Å². The highest BCUT2D eigenvalue weighted by atomic mass is 35.5. The topological polar surface area (TPSA) is 50.8 Å². The molecule has 2 atom stereocenters. The van der Waals surface area contributed by atoms with Crippen molar-refractivity contribution in [1.82, 2.24) is 10.2 Å². The first-order valence-electron chi connectivity index (χ1n) is 9.33. The zero-order valence-corrected chi connectivity index (χ0v) is 18.3. The molecule has 2 unspecified atom stereocenters. The maximum atomic E-state index is 12.8. The van der Waals surface area contributed by atoms with E-state index in [1.807, 2.05) is 30.3 Å². The Labute approximate surface area is 173 Å². The molecule has 0 spiro atoms. The smallest absolute Gasteiger partial charge is 0.222 e.